The van der Waals surface area contributed by atoms with Crippen LogP contribution in [0.15, 0.2) is 73.2 Å². The summed E-state index contributed by atoms with van der Waals surface area (Å²) in [5.41, 5.74) is 6.25. The normalized spacial score (nSPS) is 13.2. The summed E-state index contributed by atoms with van der Waals surface area (Å²) >= 11 is 0. The molecule has 4 nitrogen and oxygen atoms in total. The number of amides is 1. The third-order valence-electron chi connectivity index (χ3n) is 5.05. The lowest BCUT2D eigenvalue weighted by Crippen LogP contribution is -2.28. The van der Waals surface area contributed by atoms with E-state index in [1.165, 1.54) is 5.56 Å². The van der Waals surface area contributed by atoms with Gasteiger partial charge in [-0.2, -0.15) is 0 Å². The molecule has 4 heteroatoms. The summed E-state index contributed by atoms with van der Waals surface area (Å²) in [6.07, 6.45) is 6.30. The molecule has 26 heavy (non-hydrogen) atoms. The molecule has 2 aromatic heterocycles. The first-order valence-corrected chi connectivity index (χ1v) is 8.72. The van der Waals surface area contributed by atoms with Crippen LogP contribution in [0.4, 0.5) is 5.69 Å². The highest BCUT2D eigenvalue weighted by Gasteiger charge is 2.27. The van der Waals surface area contributed by atoms with Gasteiger partial charge in [0.05, 0.1) is 5.56 Å². The number of nitrogens with zero attached hydrogens (tertiary/aromatic N) is 2. The number of carbonyl (C=O) groups excluding carboxylic acids is 1. The Bertz CT molecular complexity index is 1110. The molecule has 0 saturated heterocycles. The Hall–Kier alpha value is -3.40. The van der Waals surface area contributed by atoms with E-state index in [1.54, 1.807) is 12.4 Å². The van der Waals surface area contributed by atoms with Gasteiger partial charge < -0.3 is 9.88 Å². The number of nitrogens with one attached hydrogen (secondary N) is 1. The number of para-hydroxylation sites is 1. The maximum atomic E-state index is 13.1. The molecule has 0 aliphatic carbocycles. The Kier molecular flexibility index (Phi) is 3.35. The largest absolute Gasteiger partial charge is 0.360 e. The van der Waals surface area contributed by atoms with Crippen molar-refractivity contribution in [1.82, 2.24) is 9.97 Å². The van der Waals surface area contributed by atoms with Gasteiger partial charge in [0.1, 0.15) is 0 Å². The Balaban J connectivity index is 1.51. The predicted molar refractivity (Wildman–Crippen MR) is 103 cm³/mol. The van der Waals surface area contributed by atoms with Crippen molar-refractivity contribution in [3.63, 3.8) is 0 Å². The molecule has 5 rings (SSSR count). The molecule has 126 valence electrons. The van der Waals surface area contributed by atoms with Gasteiger partial charge in [0, 0.05) is 41.7 Å². The highest BCUT2D eigenvalue weighted by molar-refractivity contribution is 6.14. The van der Waals surface area contributed by atoms with Crippen LogP contribution in [0.3, 0.4) is 0 Å². The zero-order valence-electron chi connectivity index (χ0n) is 14.1. The van der Waals surface area contributed by atoms with Gasteiger partial charge in [-0.25, -0.2) is 0 Å². The van der Waals surface area contributed by atoms with Crippen molar-refractivity contribution in [2.24, 2.45) is 0 Å². The van der Waals surface area contributed by atoms with Gasteiger partial charge in [0.15, 0.2) is 0 Å². The minimum Gasteiger partial charge on any atom is -0.360 e. The van der Waals surface area contributed by atoms with E-state index >= 15 is 0 Å². The summed E-state index contributed by atoms with van der Waals surface area (Å²) < 4.78 is 0. The van der Waals surface area contributed by atoms with E-state index < -0.39 is 0 Å². The molecule has 3 heterocycles. The number of aromatic nitrogens is 2. The lowest BCUT2D eigenvalue weighted by molar-refractivity contribution is 0.0991. The van der Waals surface area contributed by atoms with Crippen LogP contribution in [0.5, 0.6) is 0 Å². The molecule has 1 N–H and O–H groups in total. The van der Waals surface area contributed by atoms with E-state index in [0.717, 1.165) is 39.7 Å². The fourth-order valence-electron chi connectivity index (χ4n) is 3.73. The zero-order valence-corrected chi connectivity index (χ0v) is 14.1. The molecular weight excluding hydrogens is 322 g/mol. The van der Waals surface area contributed by atoms with Crippen LogP contribution in [0.2, 0.25) is 0 Å². The lowest BCUT2D eigenvalue weighted by atomic mass is 10.0. The van der Waals surface area contributed by atoms with Crippen molar-refractivity contribution >= 4 is 22.5 Å². The molecule has 1 aliphatic heterocycles. The number of carbonyl (C=O) groups is 1. The first-order chi connectivity index (χ1) is 12.8. The topological polar surface area (TPSA) is 49.0 Å². The van der Waals surface area contributed by atoms with Crippen LogP contribution in [0, 0.1) is 0 Å². The minimum atomic E-state index is 0.0536. The van der Waals surface area contributed by atoms with Crippen molar-refractivity contribution in [1.29, 1.82) is 0 Å². The molecule has 0 radical (unpaired) electrons. The average Bonchev–Trinajstić information content (AvgIpc) is 3.32. The Labute approximate surface area is 151 Å². The molecule has 0 bridgehead atoms. The molecule has 2 aromatic carbocycles. The van der Waals surface area contributed by atoms with Gasteiger partial charge in [-0.05, 0) is 53.4 Å². The van der Waals surface area contributed by atoms with Crippen LogP contribution in [0.1, 0.15) is 15.9 Å². The number of hydrogen-bond acceptors (Lipinski definition) is 2. The molecule has 0 atom stereocenters. The van der Waals surface area contributed by atoms with Crippen LogP contribution in [-0.4, -0.2) is 22.4 Å². The van der Waals surface area contributed by atoms with Gasteiger partial charge in [0.2, 0.25) is 0 Å². The minimum absolute atomic E-state index is 0.0536. The predicted octanol–water partition coefficient (Wildman–Crippen LogP) is 4.43. The van der Waals surface area contributed by atoms with Crippen LogP contribution >= 0.6 is 0 Å². The number of hydrogen-bond donors (Lipinski definition) is 1. The fraction of sp³-hybridized carbons (Fsp3) is 0.0909. The van der Waals surface area contributed by atoms with Crippen LogP contribution in [0.25, 0.3) is 22.0 Å². The number of anilines is 1. The molecule has 0 spiro atoms. The molecule has 4 aromatic rings. The number of fused-ring (bicyclic) bond motifs is 2. The first kappa shape index (κ1) is 14.9. The molecule has 1 amide bonds. The second kappa shape index (κ2) is 5.85. The van der Waals surface area contributed by atoms with E-state index in [0.29, 0.717) is 6.54 Å². The van der Waals surface area contributed by atoms with Crippen LogP contribution in [-0.2, 0) is 6.42 Å². The third kappa shape index (κ3) is 2.30. The van der Waals surface area contributed by atoms with Gasteiger partial charge in [-0.15, -0.1) is 0 Å². The van der Waals surface area contributed by atoms with Gasteiger partial charge in [-0.1, -0.05) is 24.3 Å². The Morgan fingerprint density at radius 2 is 1.85 bits per heavy atom. The highest BCUT2D eigenvalue weighted by Crippen LogP contribution is 2.34. The number of H-pyrrole nitrogens is 1. The van der Waals surface area contributed by atoms with E-state index in [-0.39, 0.29) is 5.91 Å². The number of pyridine rings is 1. The van der Waals surface area contributed by atoms with E-state index in [9.17, 15) is 4.79 Å². The SMILES string of the molecule is O=C(c1c[nH]c2ccccc12)N1CCc2cc(-c3ccncc3)ccc21. The van der Waals surface area contributed by atoms with Crippen molar-refractivity contribution in [3.8, 4) is 11.1 Å². The Morgan fingerprint density at radius 1 is 1.00 bits per heavy atom. The molecule has 1 aliphatic rings. The van der Waals surface area contributed by atoms with Crippen molar-refractivity contribution in [3.05, 3.63) is 84.3 Å². The molecule has 0 fully saturated rings. The van der Waals surface area contributed by atoms with Crippen molar-refractivity contribution in [2.45, 2.75) is 6.42 Å². The van der Waals surface area contributed by atoms with Gasteiger partial charge in [0.25, 0.3) is 5.91 Å². The zero-order chi connectivity index (χ0) is 17.5. The van der Waals surface area contributed by atoms with Crippen molar-refractivity contribution < 1.29 is 4.79 Å². The summed E-state index contributed by atoms with van der Waals surface area (Å²) in [5.74, 6) is 0.0536. The summed E-state index contributed by atoms with van der Waals surface area (Å²) in [7, 11) is 0. The highest BCUT2D eigenvalue weighted by atomic mass is 16.2. The number of benzene rings is 2. The average molecular weight is 339 g/mol. The van der Waals surface area contributed by atoms with Crippen LogP contribution < -0.4 is 4.90 Å². The van der Waals surface area contributed by atoms with E-state index in [2.05, 4.69) is 28.2 Å². The monoisotopic (exact) mass is 339 g/mol. The second-order valence-electron chi connectivity index (χ2n) is 6.53. The summed E-state index contributed by atoms with van der Waals surface area (Å²) in [5, 5.41) is 0.972. The molecule has 0 saturated carbocycles. The van der Waals surface area contributed by atoms with Crippen molar-refractivity contribution in [2.75, 3.05) is 11.4 Å². The fourth-order valence-corrected chi connectivity index (χ4v) is 3.73. The summed E-state index contributed by atoms with van der Waals surface area (Å²) in [4.78, 5) is 22.3. The third-order valence-corrected chi connectivity index (χ3v) is 5.05. The second-order valence-corrected chi connectivity index (χ2v) is 6.53. The summed E-state index contributed by atoms with van der Waals surface area (Å²) in [6, 6.07) is 18.3. The molecule has 0 unspecified atom stereocenters. The summed E-state index contributed by atoms with van der Waals surface area (Å²) in [6.45, 7) is 0.716. The number of rotatable bonds is 2. The maximum absolute atomic E-state index is 13.1. The van der Waals surface area contributed by atoms with Gasteiger partial charge >= 0.3 is 0 Å². The quantitative estimate of drug-likeness (QED) is 0.587. The lowest BCUT2D eigenvalue weighted by Gasteiger charge is -2.17. The van der Waals surface area contributed by atoms with E-state index in [4.69, 9.17) is 0 Å². The Morgan fingerprint density at radius 3 is 2.73 bits per heavy atom. The van der Waals surface area contributed by atoms with Gasteiger partial charge in [-0.3, -0.25) is 9.78 Å². The maximum Gasteiger partial charge on any atom is 0.260 e. The number of aromatic amines is 1. The molecular formula is C22H17N3O. The van der Waals surface area contributed by atoms with E-state index in [1.807, 2.05) is 47.5 Å². The standard InChI is InChI=1S/C22H17N3O/c26-22(19-14-24-20-4-2-1-3-18(19)20)25-12-9-17-13-16(5-6-21(17)25)15-7-10-23-11-8-15/h1-8,10-11,13-14,24H,9,12H2. The first-order valence-electron chi connectivity index (χ1n) is 8.72. The smallest absolute Gasteiger partial charge is 0.260 e.